The van der Waals surface area contributed by atoms with Crippen LogP contribution in [0.3, 0.4) is 0 Å². The number of benzene rings is 2. The number of fused-ring (bicyclic) bond motifs is 1. The fourth-order valence-corrected chi connectivity index (χ4v) is 2.47. The third-order valence-electron chi connectivity index (χ3n) is 3.78. The van der Waals surface area contributed by atoms with E-state index in [0.29, 0.717) is 5.69 Å². The Balaban J connectivity index is 2.13. The lowest BCUT2D eigenvalue weighted by Crippen LogP contribution is -2.10. The molecule has 0 aliphatic heterocycles. The van der Waals surface area contributed by atoms with Gasteiger partial charge in [-0.3, -0.25) is 0 Å². The molecule has 0 unspecified atom stereocenters. The van der Waals surface area contributed by atoms with Gasteiger partial charge in [0.25, 0.3) is 0 Å². The zero-order valence-corrected chi connectivity index (χ0v) is 12.6. The lowest BCUT2D eigenvalue weighted by atomic mass is 9.86. The lowest BCUT2D eigenvalue weighted by Gasteiger charge is -2.18. The van der Waals surface area contributed by atoms with Gasteiger partial charge >= 0.3 is 0 Å². The smallest absolute Gasteiger partial charge is 0.194 e. The zero-order valence-electron chi connectivity index (χ0n) is 12.6. The van der Waals surface area contributed by atoms with Gasteiger partial charge in [-0.15, -0.1) is 0 Å². The zero-order chi connectivity index (χ0) is 16.1. The van der Waals surface area contributed by atoms with E-state index >= 15 is 0 Å². The molecule has 0 saturated carbocycles. The van der Waals surface area contributed by atoms with Crippen LogP contribution in [0.2, 0.25) is 0 Å². The molecule has 1 N–H and O–H groups in total. The van der Waals surface area contributed by atoms with E-state index in [2.05, 4.69) is 25.8 Å². The van der Waals surface area contributed by atoms with E-state index in [0.717, 1.165) is 23.0 Å². The summed E-state index contributed by atoms with van der Waals surface area (Å²) in [6, 6.07) is 9.81. The molecule has 114 valence electrons. The third kappa shape index (κ3) is 2.49. The molecule has 0 aliphatic carbocycles. The van der Waals surface area contributed by atoms with Gasteiger partial charge in [0.1, 0.15) is 0 Å². The van der Waals surface area contributed by atoms with Crippen LogP contribution in [0.15, 0.2) is 36.4 Å². The fourth-order valence-electron chi connectivity index (χ4n) is 2.47. The summed E-state index contributed by atoms with van der Waals surface area (Å²) in [5, 5.41) is 0.951. The molecule has 2 aromatic carbocycles. The van der Waals surface area contributed by atoms with Crippen molar-refractivity contribution in [2.45, 2.75) is 26.2 Å². The van der Waals surface area contributed by atoms with E-state index in [1.807, 2.05) is 24.3 Å². The molecular weight excluding hydrogens is 287 g/mol. The Hall–Kier alpha value is -2.23. The van der Waals surface area contributed by atoms with Crippen LogP contribution in [0.1, 0.15) is 26.3 Å². The Kier molecular flexibility index (Phi) is 3.28. The van der Waals surface area contributed by atoms with Crippen LogP contribution in [0.5, 0.6) is 0 Å². The second kappa shape index (κ2) is 4.90. The summed E-state index contributed by atoms with van der Waals surface area (Å²) >= 11 is 0. The van der Waals surface area contributed by atoms with Gasteiger partial charge < -0.3 is 4.98 Å². The van der Waals surface area contributed by atoms with Crippen LogP contribution in [0, 0.1) is 17.5 Å². The topological polar surface area (TPSA) is 15.8 Å². The van der Waals surface area contributed by atoms with Crippen molar-refractivity contribution in [2.24, 2.45) is 0 Å². The molecule has 4 heteroatoms. The van der Waals surface area contributed by atoms with Crippen molar-refractivity contribution in [1.82, 2.24) is 4.98 Å². The quantitative estimate of drug-likeness (QED) is 0.567. The van der Waals surface area contributed by atoms with Crippen molar-refractivity contribution in [3.8, 4) is 11.3 Å². The molecule has 0 fully saturated rings. The minimum absolute atomic E-state index is 0.0136. The highest BCUT2D eigenvalue weighted by Crippen LogP contribution is 2.30. The molecule has 22 heavy (non-hydrogen) atoms. The van der Waals surface area contributed by atoms with Crippen LogP contribution >= 0.6 is 0 Å². The number of aromatic nitrogens is 1. The summed E-state index contributed by atoms with van der Waals surface area (Å²) in [7, 11) is 0. The number of halogens is 3. The number of H-pyrrole nitrogens is 1. The molecule has 1 nitrogen and oxygen atoms in total. The molecule has 0 spiro atoms. The van der Waals surface area contributed by atoms with Gasteiger partial charge in [0, 0.05) is 22.2 Å². The normalized spacial score (nSPS) is 12.1. The summed E-state index contributed by atoms with van der Waals surface area (Å²) in [6.45, 7) is 6.35. The fraction of sp³-hybridized carbons (Fsp3) is 0.222. The maximum atomic E-state index is 13.4. The summed E-state index contributed by atoms with van der Waals surface area (Å²) < 4.78 is 39.8. The second-order valence-electron chi connectivity index (χ2n) is 6.49. The van der Waals surface area contributed by atoms with Gasteiger partial charge in [0.2, 0.25) is 0 Å². The van der Waals surface area contributed by atoms with E-state index in [1.165, 1.54) is 5.56 Å². The monoisotopic (exact) mass is 303 g/mol. The Morgan fingerprint density at radius 2 is 1.50 bits per heavy atom. The van der Waals surface area contributed by atoms with Crippen LogP contribution < -0.4 is 0 Å². The van der Waals surface area contributed by atoms with Gasteiger partial charge in [-0.1, -0.05) is 26.8 Å². The molecule has 3 rings (SSSR count). The predicted molar refractivity (Wildman–Crippen MR) is 82.3 cm³/mol. The van der Waals surface area contributed by atoms with Gasteiger partial charge in [0.05, 0.1) is 0 Å². The van der Waals surface area contributed by atoms with Crippen LogP contribution in [-0.2, 0) is 5.41 Å². The summed E-state index contributed by atoms with van der Waals surface area (Å²) in [5.74, 6) is -3.83. The van der Waals surface area contributed by atoms with Crippen molar-refractivity contribution in [3.63, 3.8) is 0 Å². The standard InChI is InChI=1S/C18H16F3N/c1-18(2,3)12-4-5-15-10(6-12)9-16(22-15)11-7-13(19)17(21)14(20)8-11/h4-9,22H,1-3H3. The first-order valence-electron chi connectivity index (χ1n) is 7.04. The molecule has 0 bridgehead atoms. The number of nitrogens with one attached hydrogen (secondary N) is 1. The minimum Gasteiger partial charge on any atom is -0.355 e. The molecule has 3 aromatic rings. The highest BCUT2D eigenvalue weighted by molar-refractivity contribution is 5.86. The van der Waals surface area contributed by atoms with Crippen molar-refractivity contribution >= 4 is 10.9 Å². The van der Waals surface area contributed by atoms with E-state index in [-0.39, 0.29) is 11.0 Å². The van der Waals surface area contributed by atoms with Crippen molar-refractivity contribution in [2.75, 3.05) is 0 Å². The first-order valence-corrected chi connectivity index (χ1v) is 7.04. The van der Waals surface area contributed by atoms with E-state index in [4.69, 9.17) is 0 Å². The Morgan fingerprint density at radius 3 is 2.09 bits per heavy atom. The largest absolute Gasteiger partial charge is 0.355 e. The van der Waals surface area contributed by atoms with Crippen molar-refractivity contribution in [1.29, 1.82) is 0 Å². The molecule has 0 radical (unpaired) electrons. The maximum Gasteiger partial charge on any atom is 0.194 e. The predicted octanol–water partition coefficient (Wildman–Crippen LogP) is 5.55. The minimum atomic E-state index is -1.45. The Labute approximate surface area is 126 Å². The highest BCUT2D eigenvalue weighted by Gasteiger charge is 2.16. The van der Waals surface area contributed by atoms with Gasteiger partial charge in [-0.25, -0.2) is 13.2 Å². The number of aromatic amines is 1. The summed E-state index contributed by atoms with van der Waals surface area (Å²) in [5.41, 5.74) is 2.89. The van der Waals surface area contributed by atoms with Crippen molar-refractivity contribution in [3.05, 3.63) is 59.4 Å². The van der Waals surface area contributed by atoms with Gasteiger partial charge in [-0.05, 0) is 41.3 Å². The Morgan fingerprint density at radius 1 is 0.864 bits per heavy atom. The van der Waals surface area contributed by atoms with Gasteiger partial charge in [-0.2, -0.15) is 0 Å². The SMILES string of the molecule is CC(C)(C)c1ccc2[nH]c(-c3cc(F)c(F)c(F)c3)cc2c1. The lowest BCUT2D eigenvalue weighted by molar-refractivity contribution is 0.447. The molecule has 1 aromatic heterocycles. The number of hydrogen-bond donors (Lipinski definition) is 1. The molecule has 0 amide bonds. The molecule has 0 aliphatic rings. The van der Waals surface area contributed by atoms with E-state index in [9.17, 15) is 13.2 Å². The first kappa shape index (κ1) is 14.7. The van der Waals surface area contributed by atoms with E-state index < -0.39 is 17.5 Å². The first-order chi connectivity index (χ1) is 10.3. The second-order valence-corrected chi connectivity index (χ2v) is 6.49. The molecule has 0 saturated heterocycles. The van der Waals surface area contributed by atoms with Crippen molar-refractivity contribution < 1.29 is 13.2 Å². The average Bonchev–Trinajstić information content (AvgIpc) is 2.86. The van der Waals surface area contributed by atoms with Crippen LogP contribution in [0.4, 0.5) is 13.2 Å². The number of hydrogen-bond acceptors (Lipinski definition) is 0. The summed E-state index contributed by atoms with van der Waals surface area (Å²) in [4.78, 5) is 3.11. The average molecular weight is 303 g/mol. The molecule has 0 atom stereocenters. The third-order valence-corrected chi connectivity index (χ3v) is 3.78. The van der Waals surface area contributed by atoms with Crippen LogP contribution in [-0.4, -0.2) is 4.98 Å². The number of rotatable bonds is 1. The maximum absolute atomic E-state index is 13.4. The highest BCUT2D eigenvalue weighted by atomic mass is 19.2. The van der Waals surface area contributed by atoms with Gasteiger partial charge in [0.15, 0.2) is 17.5 Å². The summed E-state index contributed by atoms with van der Waals surface area (Å²) in [6.07, 6.45) is 0. The van der Waals surface area contributed by atoms with Crippen LogP contribution in [0.25, 0.3) is 22.2 Å². The molecular formula is C18H16F3N. The van der Waals surface area contributed by atoms with E-state index in [1.54, 1.807) is 0 Å². The Bertz CT molecular complexity index is 833. The molecule has 1 heterocycles.